The first kappa shape index (κ1) is 10.3. The van der Waals surface area contributed by atoms with E-state index in [1.807, 2.05) is 0 Å². The molecule has 0 fully saturated rings. The van der Waals surface area contributed by atoms with Crippen molar-refractivity contribution in [3.8, 4) is 6.07 Å². The number of nitriles is 1. The number of nitrogens with zero attached hydrogens (tertiary/aromatic N) is 2. The Hall–Kier alpha value is -1.74. The smallest absolute Gasteiger partial charge is 0.280 e. The molecule has 1 aromatic heterocycles. The van der Waals surface area contributed by atoms with Crippen LogP contribution < -0.4 is 5.73 Å². The van der Waals surface area contributed by atoms with Gasteiger partial charge in [0.2, 0.25) is 0 Å². The maximum absolute atomic E-state index is 12.2. The average molecular weight is 199 g/mol. The van der Waals surface area contributed by atoms with Gasteiger partial charge in [-0.15, -0.1) is 0 Å². The number of hydrogen-bond acceptors (Lipinski definition) is 4. The summed E-state index contributed by atoms with van der Waals surface area (Å²) in [4.78, 5) is 3.37. The van der Waals surface area contributed by atoms with Crippen LogP contribution in [0.3, 0.4) is 0 Å². The molecule has 1 heterocycles. The molecule has 0 aliphatic carbocycles. The Morgan fingerprint density at radius 3 is 2.71 bits per heavy atom. The summed E-state index contributed by atoms with van der Waals surface area (Å²) in [5, 5.41) is 17.4. The van der Waals surface area contributed by atoms with Gasteiger partial charge in [0, 0.05) is 11.3 Å². The van der Waals surface area contributed by atoms with E-state index >= 15 is 0 Å². The van der Waals surface area contributed by atoms with E-state index in [2.05, 4.69) is 4.98 Å². The fourth-order valence-corrected chi connectivity index (χ4v) is 0.982. The first-order valence-electron chi connectivity index (χ1n) is 3.68. The third kappa shape index (κ3) is 1.78. The summed E-state index contributed by atoms with van der Waals surface area (Å²) >= 11 is 0. The zero-order chi connectivity index (χ0) is 10.7. The van der Waals surface area contributed by atoms with Crippen LogP contribution in [0.25, 0.3) is 0 Å². The normalized spacial score (nSPS) is 10.2. The zero-order valence-corrected chi connectivity index (χ0v) is 7.04. The molecular weight excluding hydrogens is 192 g/mol. The van der Waals surface area contributed by atoms with Gasteiger partial charge in [-0.2, -0.15) is 5.26 Å². The number of alkyl halides is 2. The first-order chi connectivity index (χ1) is 6.60. The number of rotatable bonds is 2. The van der Waals surface area contributed by atoms with E-state index in [9.17, 15) is 8.78 Å². The van der Waals surface area contributed by atoms with Crippen molar-refractivity contribution in [2.24, 2.45) is 0 Å². The van der Waals surface area contributed by atoms with E-state index in [1.165, 1.54) is 0 Å². The van der Waals surface area contributed by atoms with E-state index in [0.29, 0.717) is 0 Å². The number of nitrogens with two attached hydrogens (primary N) is 1. The Labute approximate surface area is 78.6 Å². The van der Waals surface area contributed by atoms with Crippen molar-refractivity contribution < 1.29 is 13.9 Å². The average Bonchev–Trinajstić information content (AvgIpc) is 2.16. The molecule has 0 amide bonds. The van der Waals surface area contributed by atoms with Crippen LogP contribution in [-0.4, -0.2) is 10.1 Å². The molecular formula is C8H7F2N3O. The third-order valence-electron chi connectivity index (χ3n) is 1.67. The van der Waals surface area contributed by atoms with Crippen LogP contribution in [0, 0.1) is 11.3 Å². The summed E-state index contributed by atoms with van der Waals surface area (Å²) in [7, 11) is 0. The minimum atomic E-state index is -2.78. The number of anilines is 1. The Bertz CT molecular complexity index is 387. The monoisotopic (exact) mass is 199 g/mol. The van der Waals surface area contributed by atoms with Crippen LogP contribution in [0.5, 0.6) is 0 Å². The summed E-state index contributed by atoms with van der Waals surface area (Å²) in [5.41, 5.74) is 4.57. The van der Waals surface area contributed by atoms with Crippen molar-refractivity contribution >= 4 is 5.69 Å². The molecule has 1 rings (SSSR count). The Morgan fingerprint density at radius 2 is 2.29 bits per heavy atom. The highest BCUT2D eigenvalue weighted by atomic mass is 19.3. The molecule has 4 nitrogen and oxygen atoms in total. The highest BCUT2D eigenvalue weighted by Gasteiger charge is 2.15. The van der Waals surface area contributed by atoms with E-state index in [0.717, 1.165) is 6.07 Å². The second-order valence-corrected chi connectivity index (χ2v) is 2.53. The Morgan fingerprint density at radius 1 is 1.64 bits per heavy atom. The van der Waals surface area contributed by atoms with Gasteiger partial charge in [-0.25, -0.2) is 13.8 Å². The molecule has 3 N–H and O–H groups in total. The van der Waals surface area contributed by atoms with Crippen molar-refractivity contribution in [1.29, 1.82) is 5.26 Å². The molecule has 0 saturated carbocycles. The first-order valence-corrected chi connectivity index (χ1v) is 3.68. The second-order valence-electron chi connectivity index (χ2n) is 2.53. The van der Waals surface area contributed by atoms with Gasteiger partial charge < -0.3 is 10.8 Å². The van der Waals surface area contributed by atoms with Crippen molar-refractivity contribution in [3.63, 3.8) is 0 Å². The van der Waals surface area contributed by atoms with Gasteiger partial charge in [0.25, 0.3) is 6.43 Å². The number of pyridine rings is 1. The number of aliphatic hydroxyl groups is 1. The van der Waals surface area contributed by atoms with Crippen LogP contribution in [0.15, 0.2) is 6.07 Å². The molecule has 0 unspecified atom stereocenters. The van der Waals surface area contributed by atoms with Crippen LogP contribution in [0.2, 0.25) is 0 Å². The van der Waals surface area contributed by atoms with Crippen molar-refractivity contribution in [1.82, 2.24) is 4.98 Å². The summed E-state index contributed by atoms with van der Waals surface area (Å²) in [6.07, 6.45) is -2.78. The molecule has 0 radical (unpaired) electrons. The maximum Gasteiger partial charge on any atom is 0.280 e. The van der Waals surface area contributed by atoms with Crippen molar-refractivity contribution in [2.75, 3.05) is 5.73 Å². The Balaban J connectivity index is 3.33. The predicted octanol–water partition coefficient (Wildman–Crippen LogP) is 0.965. The van der Waals surface area contributed by atoms with Crippen LogP contribution in [-0.2, 0) is 6.61 Å². The summed E-state index contributed by atoms with van der Waals surface area (Å²) < 4.78 is 24.4. The predicted molar refractivity (Wildman–Crippen MR) is 44.2 cm³/mol. The number of halogens is 2. The lowest BCUT2D eigenvalue weighted by atomic mass is 10.1. The standard InChI is InChI=1S/C8H7F2N3O/c9-8(10)6-1-5(12)4(3-14)7(2-11)13-6/h1,8,14H,3H2,(H2,12,13). The SMILES string of the molecule is N#Cc1nc(C(F)F)cc(N)c1CO. The molecule has 0 bridgehead atoms. The van der Waals surface area contributed by atoms with Crippen LogP contribution in [0.1, 0.15) is 23.4 Å². The molecule has 0 spiro atoms. The molecule has 74 valence electrons. The zero-order valence-electron chi connectivity index (χ0n) is 7.04. The molecule has 0 saturated heterocycles. The van der Waals surface area contributed by atoms with Crippen LogP contribution >= 0.6 is 0 Å². The lowest BCUT2D eigenvalue weighted by Gasteiger charge is -2.06. The molecule has 0 atom stereocenters. The number of aromatic nitrogens is 1. The minimum absolute atomic E-state index is 0.0469. The molecule has 0 aliphatic rings. The summed E-state index contributed by atoms with van der Waals surface area (Å²) in [5.74, 6) is 0. The van der Waals surface area contributed by atoms with E-state index < -0.39 is 18.7 Å². The van der Waals surface area contributed by atoms with E-state index in [-0.39, 0.29) is 16.9 Å². The quantitative estimate of drug-likeness (QED) is 0.743. The highest BCUT2D eigenvalue weighted by molar-refractivity contribution is 5.53. The minimum Gasteiger partial charge on any atom is -0.398 e. The molecule has 0 aliphatic heterocycles. The van der Waals surface area contributed by atoms with Gasteiger partial charge in [0.05, 0.1) is 6.61 Å². The van der Waals surface area contributed by atoms with Crippen LogP contribution in [0.4, 0.5) is 14.5 Å². The maximum atomic E-state index is 12.2. The van der Waals surface area contributed by atoms with Gasteiger partial charge in [0.15, 0.2) is 0 Å². The molecule has 1 aromatic rings. The largest absolute Gasteiger partial charge is 0.398 e. The highest BCUT2D eigenvalue weighted by Crippen LogP contribution is 2.23. The fourth-order valence-electron chi connectivity index (χ4n) is 0.982. The van der Waals surface area contributed by atoms with Gasteiger partial charge in [-0.1, -0.05) is 0 Å². The van der Waals surface area contributed by atoms with Gasteiger partial charge in [-0.05, 0) is 6.07 Å². The number of nitrogen functional groups attached to an aromatic ring is 1. The summed E-state index contributed by atoms with van der Waals surface area (Å²) in [6.45, 7) is -0.495. The lowest BCUT2D eigenvalue weighted by Crippen LogP contribution is -2.04. The third-order valence-corrected chi connectivity index (χ3v) is 1.67. The van der Waals surface area contributed by atoms with Gasteiger partial charge in [-0.3, -0.25) is 0 Å². The van der Waals surface area contributed by atoms with Gasteiger partial charge >= 0.3 is 0 Å². The lowest BCUT2D eigenvalue weighted by molar-refractivity contribution is 0.146. The van der Waals surface area contributed by atoms with E-state index in [4.69, 9.17) is 16.1 Å². The molecule has 14 heavy (non-hydrogen) atoms. The number of aliphatic hydroxyl groups excluding tert-OH is 1. The number of hydrogen-bond donors (Lipinski definition) is 2. The molecule has 6 heteroatoms. The second kappa shape index (κ2) is 3.98. The van der Waals surface area contributed by atoms with Crippen molar-refractivity contribution in [3.05, 3.63) is 23.0 Å². The fraction of sp³-hybridized carbons (Fsp3) is 0.250. The summed E-state index contributed by atoms with van der Waals surface area (Å²) in [6, 6.07) is 2.55. The van der Waals surface area contributed by atoms with Crippen molar-refractivity contribution in [2.45, 2.75) is 13.0 Å². The van der Waals surface area contributed by atoms with E-state index in [1.54, 1.807) is 6.07 Å². The topological polar surface area (TPSA) is 82.9 Å². The Kier molecular flexibility index (Phi) is 2.94. The van der Waals surface area contributed by atoms with Gasteiger partial charge in [0.1, 0.15) is 17.5 Å². The molecule has 0 aromatic carbocycles.